The minimum absolute atomic E-state index is 0.0660. The van der Waals surface area contributed by atoms with Gasteiger partial charge in [-0.05, 0) is 50.5 Å². The molecule has 1 aliphatic rings. The van der Waals surface area contributed by atoms with E-state index in [0.29, 0.717) is 42.4 Å². The van der Waals surface area contributed by atoms with Crippen LogP contribution in [0, 0.1) is 6.92 Å². The summed E-state index contributed by atoms with van der Waals surface area (Å²) >= 11 is 0. The van der Waals surface area contributed by atoms with Gasteiger partial charge in [-0.15, -0.1) is 0 Å². The third-order valence-corrected chi connectivity index (χ3v) is 5.45. The number of imidazole rings is 1. The zero-order valence-corrected chi connectivity index (χ0v) is 17.4. The van der Waals surface area contributed by atoms with E-state index >= 15 is 0 Å². The highest BCUT2D eigenvalue weighted by molar-refractivity contribution is 5.96. The molecule has 1 saturated heterocycles. The molecule has 1 fully saturated rings. The fourth-order valence-electron chi connectivity index (χ4n) is 3.85. The van der Waals surface area contributed by atoms with E-state index in [0.717, 1.165) is 24.1 Å². The molecule has 0 atom stereocenters. The number of hydrogen-bond acceptors (Lipinski definition) is 6. The fourth-order valence-corrected chi connectivity index (χ4v) is 3.85. The zero-order chi connectivity index (χ0) is 21.3. The first-order valence-electron chi connectivity index (χ1n) is 10.2. The first-order chi connectivity index (χ1) is 14.5. The number of aryl methyl sites for hydroxylation is 2. The van der Waals surface area contributed by atoms with Gasteiger partial charge in [0.2, 0.25) is 5.95 Å². The SMILES string of the molecule is CCNC(=O)c1ccc(Nc2ncc3c(n2)n(C2CCOCC2)c(=O)n3C)cc1C. The van der Waals surface area contributed by atoms with Crippen LogP contribution in [0.3, 0.4) is 0 Å². The smallest absolute Gasteiger partial charge is 0.330 e. The lowest BCUT2D eigenvalue weighted by Gasteiger charge is -2.22. The molecule has 4 rings (SSSR count). The lowest BCUT2D eigenvalue weighted by molar-refractivity contribution is 0.0695. The Balaban J connectivity index is 1.66. The van der Waals surface area contributed by atoms with Crippen molar-refractivity contribution in [1.29, 1.82) is 0 Å². The van der Waals surface area contributed by atoms with E-state index in [-0.39, 0.29) is 17.6 Å². The van der Waals surface area contributed by atoms with Gasteiger partial charge >= 0.3 is 5.69 Å². The van der Waals surface area contributed by atoms with Gasteiger partial charge in [-0.3, -0.25) is 13.9 Å². The Hall–Kier alpha value is -3.20. The summed E-state index contributed by atoms with van der Waals surface area (Å²) in [6.45, 7) is 5.64. The second-order valence-corrected chi connectivity index (χ2v) is 7.47. The van der Waals surface area contributed by atoms with E-state index in [4.69, 9.17) is 4.74 Å². The predicted octanol–water partition coefficient (Wildman–Crippen LogP) is 2.28. The Bertz CT molecular complexity index is 1140. The van der Waals surface area contributed by atoms with Crippen molar-refractivity contribution in [3.8, 4) is 0 Å². The van der Waals surface area contributed by atoms with Gasteiger partial charge in [-0.2, -0.15) is 4.98 Å². The summed E-state index contributed by atoms with van der Waals surface area (Å²) in [6, 6.07) is 5.55. The number of amides is 1. The molecule has 0 radical (unpaired) electrons. The molecule has 3 heterocycles. The summed E-state index contributed by atoms with van der Waals surface area (Å²) in [5.41, 5.74) is 3.48. The van der Waals surface area contributed by atoms with E-state index in [1.54, 1.807) is 28.4 Å². The maximum atomic E-state index is 12.8. The molecule has 30 heavy (non-hydrogen) atoms. The summed E-state index contributed by atoms with van der Waals surface area (Å²) < 4.78 is 8.78. The monoisotopic (exact) mass is 410 g/mol. The molecule has 9 nitrogen and oxygen atoms in total. The molecular formula is C21H26N6O3. The quantitative estimate of drug-likeness (QED) is 0.669. The maximum Gasteiger partial charge on any atom is 0.330 e. The first kappa shape index (κ1) is 20.1. The standard InChI is InChI=1S/C21H26N6O3/c1-4-22-19(28)16-6-5-14(11-13(16)2)24-20-23-12-17-18(25-20)27(21(29)26(17)3)15-7-9-30-10-8-15/h5-6,11-12,15H,4,7-10H2,1-3H3,(H,22,28)(H,23,24,25). The van der Waals surface area contributed by atoms with Crippen LogP contribution >= 0.6 is 0 Å². The third-order valence-electron chi connectivity index (χ3n) is 5.45. The van der Waals surface area contributed by atoms with Gasteiger partial charge in [0.15, 0.2) is 5.65 Å². The van der Waals surface area contributed by atoms with Crippen LogP contribution in [0.1, 0.15) is 41.7 Å². The van der Waals surface area contributed by atoms with Crippen LogP contribution in [0.25, 0.3) is 11.2 Å². The van der Waals surface area contributed by atoms with E-state index < -0.39 is 0 Å². The molecule has 9 heteroatoms. The average Bonchev–Trinajstić information content (AvgIpc) is 2.98. The molecule has 1 amide bonds. The Morgan fingerprint density at radius 1 is 1.30 bits per heavy atom. The van der Waals surface area contributed by atoms with Gasteiger partial charge in [-0.25, -0.2) is 9.78 Å². The number of anilines is 2. The fraction of sp³-hybridized carbons (Fsp3) is 0.429. The van der Waals surface area contributed by atoms with E-state index in [1.807, 2.05) is 26.0 Å². The van der Waals surface area contributed by atoms with Crippen molar-refractivity contribution in [2.75, 3.05) is 25.1 Å². The van der Waals surface area contributed by atoms with E-state index in [1.165, 1.54) is 0 Å². The molecule has 0 saturated carbocycles. The first-order valence-corrected chi connectivity index (χ1v) is 10.2. The minimum atomic E-state index is -0.0935. The number of aromatic nitrogens is 4. The number of carbonyl (C=O) groups excluding carboxylic acids is 1. The number of nitrogens with one attached hydrogen (secondary N) is 2. The number of hydrogen-bond donors (Lipinski definition) is 2. The molecular weight excluding hydrogens is 384 g/mol. The lowest BCUT2D eigenvalue weighted by atomic mass is 10.1. The number of rotatable bonds is 5. The number of ether oxygens (including phenoxy) is 1. The van der Waals surface area contributed by atoms with Crippen molar-refractivity contribution in [3.63, 3.8) is 0 Å². The summed E-state index contributed by atoms with van der Waals surface area (Å²) in [4.78, 5) is 33.9. The van der Waals surface area contributed by atoms with Crippen LogP contribution in [-0.2, 0) is 11.8 Å². The molecule has 0 unspecified atom stereocenters. The van der Waals surface area contributed by atoms with Crippen LogP contribution in [0.4, 0.5) is 11.6 Å². The number of carbonyl (C=O) groups is 1. The number of benzene rings is 1. The highest BCUT2D eigenvalue weighted by atomic mass is 16.5. The van der Waals surface area contributed by atoms with Gasteiger partial charge in [0.05, 0.1) is 6.20 Å². The molecule has 0 aliphatic carbocycles. The molecule has 1 aromatic carbocycles. The van der Waals surface area contributed by atoms with Gasteiger partial charge in [0.25, 0.3) is 5.91 Å². The van der Waals surface area contributed by atoms with Crippen molar-refractivity contribution in [3.05, 3.63) is 46.0 Å². The largest absolute Gasteiger partial charge is 0.381 e. The van der Waals surface area contributed by atoms with Crippen LogP contribution in [0.15, 0.2) is 29.2 Å². The van der Waals surface area contributed by atoms with Crippen LogP contribution in [0.2, 0.25) is 0 Å². The van der Waals surface area contributed by atoms with Gasteiger partial charge in [0.1, 0.15) is 5.52 Å². The molecule has 2 N–H and O–H groups in total. The van der Waals surface area contributed by atoms with Crippen molar-refractivity contribution in [1.82, 2.24) is 24.4 Å². The molecule has 158 valence electrons. The van der Waals surface area contributed by atoms with Crippen molar-refractivity contribution < 1.29 is 9.53 Å². The van der Waals surface area contributed by atoms with E-state index in [2.05, 4.69) is 20.6 Å². The predicted molar refractivity (Wildman–Crippen MR) is 114 cm³/mol. The molecule has 3 aromatic rings. The lowest BCUT2D eigenvalue weighted by Crippen LogP contribution is -2.30. The summed E-state index contributed by atoms with van der Waals surface area (Å²) in [5.74, 6) is 0.308. The molecule has 0 bridgehead atoms. The van der Waals surface area contributed by atoms with Crippen molar-refractivity contribution in [2.24, 2.45) is 7.05 Å². The molecule has 0 spiro atoms. The normalized spacial score (nSPS) is 14.8. The Labute approximate surface area is 174 Å². The van der Waals surface area contributed by atoms with Crippen molar-refractivity contribution in [2.45, 2.75) is 32.7 Å². The highest BCUT2D eigenvalue weighted by Gasteiger charge is 2.23. The van der Waals surface area contributed by atoms with E-state index in [9.17, 15) is 9.59 Å². The second kappa shape index (κ2) is 8.27. The topological polar surface area (TPSA) is 103 Å². The third kappa shape index (κ3) is 3.68. The summed E-state index contributed by atoms with van der Waals surface area (Å²) in [5, 5.41) is 6.00. The maximum absolute atomic E-state index is 12.8. The second-order valence-electron chi connectivity index (χ2n) is 7.47. The minimum Gasteiger partial charge on any atom is -0.381 e. The number of nitrogens with zero attached hydrogens (tertiary/aromatic N) is 4. The van der Waals surface area contributed by atoms with Crippen LogP contribution < -0.4 is 16.3 Å². The average molecular weight is 410 g/mol. The van der Waals surface area contributed by atoms with Gasteiger partial charge < -0.3 is 15.4 Å². The Morgan fingerprint density at radius 2 is 2.07 bits per heavy atom. The zero-order valence-electron chi connectivity index (χ0n) is 17.4. The highest BCUT2D eigenvalue weighted by Crippen LogP contribution is 2.24. The molecule has 1 aliphatic heterocycles. The molecule has 2 aromatic heterocycles. The van der Waals surface area contributed by atoms with Gasteiger partial charge in [0, 0.05) is 44.1 Å². The van der Waals surface area contributed by atoms with Gasteiger partial charge in [-0.1, -0.05) is 0 Å². The Kier molecular flexibility index (Phi) is 5.54. The van der Waals surface area contributed by atoms with Crippen molar-refractivity contribution >= 4 is 28.7 Å². The summed E-state index contributed by atoms with van der Waals surface area (Å²) in [6.07, 6.45) is 3.23. The van der Waals surface area contributed by atoms with Crippen LogP contribution in [-0.4, -0.2) is 44.8 Å². The number of fused-ring (bicyclic) bond motifs is 1. The van der Waals surface area contributed by atoms with Crippen LogP contribution in [0.5, 0.6) is 0 Å². The summed E-state index contributed by atoms with van der Waals surface area (Å²) in [7, 11) is 1.74. The Morgan fingerprint density at radius 3 is 2.77 bits per heavy atom.